The van der Waals surface area contributed by atoms with E-state index >= 15 is 0 Å². The molecule has 1 aromatic rings. The minimum Gasteiger partial charge on any atom is -0.480 e. The highest BCUT2D eigenvalue weighted by molar-refractivity contribution is 7.99. The number of ether oxygens (including phenoxy) is 1. The van der Waals surface area contributed by atoms with Gasteiger partial charge in [0.2, 0.25) is 0 Å². The van der Waals surface area contributed by atoms with E-state index in [1.54, 1.807) is 6.26 Å². The van der Waals surface area contributed by atoms with Gasteiger partial charge in [0.1, 0.15) is 11.0 Å². The van der Waals surface area contributed by atoms with Crippen LogP contribution in [0.3, 0.4) is 0 Å². The molecule has 4 nitrogen and oxygen atoms in total. The second-order valence-corrected chi connectivity index (χ2v) is 4.31. The van der Waals surface area contributed by atoms with Crippen molar-refractivity contribution in [2.75, 3.05) is 13.7 Å². The average molecular weight is 230 g/mol. The zero-order valence-electron chi connectivity index (χ0n) is 8.73. The molecule has 0 aromatic carbocycles. The van der Waals surface area contributed by atoms with E-state index in [0.29, 0.717) is 5.75 Å². The number of carboxylic acids is 1. The minimum atomic E-state index is -0.856. The lowest BCUT2D eigenvalue weighted by Crippen LogP contribution is -2.21. The van der Waals surface area contributed by atoms with Gasteiger partial charge >= 0.3 is 5.97 Å². The van der Waals surface area contributed by atoms with Crippen molar-refractivity contribution in [3.8, 4) is 0 Å². The summed E-state index contributed by atoms with van der Waals surface area (Å²) in [5, 5.41) is 8.33. The zero-order valence-corrected chi connectivity index (χ0v) is 9.54. The summed E-state index contributed by atoms with van der Waals surface area (Å²) in [5.41, 5.74) is 1.05. The van der Waals surface area contributed by atoms with E-state index in [-0.39, 0.29) is 6.61 Å². The topological polar surface area (TPSA) is 59.7 Å². The molecule has 1 rings (SSSR count). The van der Waals surface area contributed by atoms with E-state index in [4.69, 9.17) is 14.3 Å². The monoisotopic (exact) mass is 230 g/mol. The van der Waals surface area contributed by atoms with E-state index in [2.05, 4.69) is 0 Å². The summed E-state index contributed by atoms with van der Waals surface area (Å²) < 4.78 is 10.1. The van der Waals surface area contributed by atoms with Crippen LogP contribution in [0.25, 0.3) is 0 Å². The van der Waals surface area contributed by atoms with E-state index in [0.717, 1.165) is 11.3 Å². The maximum Gasteiger partial charge on any atom is 0.319 e. The number of hydrogen-bond acceptors (Lipinski definition) is 4. The number of methoxy groups -OCH3 is 1. The quantitative estimate of drug-likeness (QED) is 0.809. The Morgan fingerprint density at radius 3 is 2.93 bits per heavy atom. The molecule has 15 heavy (non-hydrogen) atoms. The van der Waals surface area contributed by atoms with Crippen LogP contribution in [0.1, 0.15) is 11.3 Å². The Kier molecular flexibility index (Phi) is 4.71. The molecule has 0 saturated heterocycles. The number of aryl methyl sites for hydroxylation is 1. The molecule has 0 spiro atoms. The third kappa shape index (κ3) is 3.60. The van der Waals surface area contributed by atoms with Gasteiger partial charge < -0.3 is 14.3 Å². The molecule has 0 saturated carbocycles. The van der Waals surface area contributed by atoms with Crippen molar-refractivity contribution < 1.29 is 19.1 Å². The van der Waals surface area contributed by atoms with Gasteiger partial charge in [-0.25, -0.2) is 0 Å². The number of furan rings is 1. The van der Waals surface area contributed by atoms with Crippen molar-refractivity contribution in [2.45, 2.75) is 17.9 Å². The van der Waals surface area contributed by atoms with Crippen molar-refractivity contribution in [3.63, 3.8) is 0 Å². The highest BCUT2D eigenvalue weighted by atomic mass is 32.2. The summed E-state index contributed by atoms with van der Waals surface area (Å²) in [5.74, 6) is 0.521. The molecule has 1 N–H and O–H groups in total. The zero-order chi connectivity index (χ0) is 11.3. The summed E-state index contributed by atoms with van der Waals surface area (Å²) in [6.45, 7) is 2.14. The Labute approximate surface area is 92.6 Å². The van der Waals surface area contributed by atoms with Crippen LogP contribution in [0.15, 0.2) is 16.7 Å². The number of hydrogen-bond donors (Lipinski definition) is 1. The Balaban J connectivity index is 2.47. The predicted molar refractivity (Wildman–Crippen MR) is 58.0 cm³/mol. The van der Waals surface area contributed by atoms with Gasteiger partial charge in [0.25, 0.3) is 0 Å². The molecule has 0 radical (unpaired) electrons. The SMILES string of the molecule is COCC(SCc1occc1C)C(=O)O. The number of carboxylic acid groups (broad SMARTS) is 1. The van der Waals surface area contributed by atoms with Crippen molar-refractivity contribution >= 4 is 17.7 Å². The number of rotatable bonds is 6. The Bertz CT molecular complexity index is 321. The first-order valence-corrected chi connectivity index (χ1v) is 5.56. The van der Waals surface area contributed by atoms with Crippen LogP contribution in [0, 0.1) is 6.92 Å². The van der Waals surface area contributed by atoms with E-state index in [1.807, 2.05) is 13.0 Å². The Morgan fingerprint density at radius 1 is 1.73 bits per heavy atom. The molecule has 0 aliphatic rings. The predicted octanol–water partition coefficient (Wildman–Crippen LogP) is 1.92. The normalized spacial score (nSPS) is 12.7. The number of aliphatic carboxylic acids is 1. The van der Waals surface area contributed by atoms with Gasteiger partial charge in [-0.1, -0.05) is 0 Å². The first-order valence-electron chi connectivity index (χ1n) is 4.51. The maximum atomic E-state index is 10.8. The largest absolute Gasteiger partial charge is 0.480 e. The summed E-state index contributed by atoms with van der Waals surface area (Å²) >= 11 is 1.31. The van der Waals surface area contributed by atoms with E-state index in [9.17, 15) is 4.79 Å². The van der Waals surface area contributed by atoms with Crippen LogP contribution in [0.2, 0.25) is 0 Å². The fourth-order valence-electron chi connectivity index (χ4n) is 1.07. The lowest BCUT2D eigenvalue weighted by atomic mass is 10.3. The van der Waals surface area contributed by atoms with Gasteiger partial charge in [0, 0.05) is 7.11 Å². The molecule has 84 valence electrons. The van der Waals surface area contributed by atoms with Crippen molar-refractivity contribution in [2.24, 2.45) is 0 Å². The first kappa shape index (κ1) is 12.1. The molecule has 5 heteroatoms. The lowest BCUT2D eigenvalue weighted by molar-refractivity contribution is -0.137. The van der Waals surface area contributed by atoms with Crippen LogP contribution < -0.4 is 0 Å². The standard InChI is InChI=1S/C10H14O4S/c1-7-3-4-14-8(7)6-15-9(5-13-2)10(11)12/h3-4,9H,5-6H2,1-2H3,(H,11,12). The van der Waals surface area contributed by atoms with Gasteiger partial charge in [0.15, 0.2) is 0 Å². The number of carbonyl (C=O) groups is 1. The van der Waals surface area contributed by atoms with Gasteiger partial charge in [-0.2, -0.15) is 0 Å². The molecular weight excluding hydrogens is 216 g/mol. The second kappa shape index (κ2) is 5.82. The summed E-state index contributed by atoms with van der Waals surface area (Å²) in [6, 6.07) is 1.86. The molecule has 1 unspecified atom stereocenters. The molecule has 0 aliphatic carbocycles. The summed E-state index contributed by atoms with van der Waals surface area (Å²) in [7, 11) is 1.49. The third-order valence-electron chi connectivity index (χ3n) is 1.98. The van der Waals surface area contributed by atoms with E-state index in [1.165, 1.54) is 18.9 Å². The van der Waals surface area contributed by atoms with Crippen molar-refractivity contribution in [3.05, 3.63) is 23.7 Å². The van der Waals surface area contributed by atoms with Crippen LogP contribution in [-0.2, 0) is 15.3 Å². The third-order valence-corrected chi connectivity index (χ3v) is 3.15. The molecule has 0 aliphatic heterocycles. The molecular formula is C10H14O4S. The molecule has 1 aromatic heterocycles. The summed E-state index contributed by atoms with van der Waals surface area (Å²) in [6.07, 6.45) is 1.61. The van der Waals surface area contributed by atoms with Crippen LogP contribution >= 0.6 is 11.8 Å². The highest BCUT2D eigenvalue weighted by Gasteiger charge is 2.18. The van der Waals surface area contributed by atoms with Crippen LogP contribution in [0.5, 0.6) is 0 Å². The maximum absolute atomic E-state index is 10.8. The van der Waals surface area contributed by atoms with Crippen molar-refractivity contribution in [1.82, 2.24) is 0 Å². The highest BCUT2D eigenvalue weighted by Crippen LogP contribution is 2.21. The fourth-order valence-corrected chi connectivity index (χ4v) is 2.09. The average Bonchev–Trinajstić information content (AvgIpc) is 2.58. The van der Waals surface area contributed by atoms with Crippen LogP contribution in [-0.4, -0.2) is 30.0 Å². The van der Waals surface area contributed by atoms with Gasteiger partial charge in [-0.15, -0.1) is 11.8 Å². The molecule has 1 atom stereocenters. The Morgan fingerprint density at radius 2 is 2.47 bits per heavy atom. The van der Waals surface area contributed by atoms with E-state index < -0.39 is 11.2 Å². The minimum absolute atomic E-state index is 0.208. The fraction of sp³-hybridized carbons (Fsp3) is 0.500. The molecule has 0 bridgehead atoms. The lowest BCUT2D eigenvalue weighted by Gasteiger charge is -2.09. The summed E-state index contributed by atoms with van der Waals surface area (Å²) in [4.78, 5) is 10.8. The second-order valence-electron chi connectivity index (χ2n) is 3.12. The van der Waals surface area contributed by atoms with Crippen LogP contribution in [0.4, 0.5) is 0 Å². The smallest absolute Gasteiger partial charge is 0.319 e. The van der Waals surface area contributed by atoms with Gasteiger partial charge in [0.05, 0.1) is 18.6 Å². The van der Waals surface area contributed by atoms with Crippen molar-refractivity contribution in [1.29, 1.82) is 0 Å². The molecule has 1 heterocycles. The first-order chi connectivity index (χ1) is 7.15. The van der Waals surface area contributed by atoms with Gasteiger partial charge in [-0.3, -0.25) is 4.79 Å². The van der Waals surface area contributed by atoms with Gasteiger partial charge in [-0.05, 0) is 18.6 Å². The Hall–Kier alpha value is -0.940. The molecule has 0 amide bonds. The molecule has 0 fully saturated rings. The number of thioether (sulfide) groups is 1.